The summed E-state index contributed by atoms with van der Waals surface area (Å²) in [7, 11) is 4.86. The number of carbonyl (C=O) groups excluding carboxylic acids is 7. The number of carbonyl (C=O) groups is 7. The molecule has 0 aliphatic carbocycles. The summed E-state index contributed by atoms with van der Waals surface area (Å²) in [5, 5.41) is 77.7. The van der Waals surface area contributed by atoms with E-state index in [4.69, 9.17) is 43.4 Å². The highest BCUT2D eigenvalue weighted by Gasteiger charge is 2.50. The van der Waals surface area contributed by atoms with E-state index >= 15 is 19.2 Å². The molecule has 2 saturated heterocycles. The zero-order chi connectivity index (χ0) is 74.1. The lowest BCUT2D eigenvalue weighted by atomic mass is 9.85. The van der Waals surface area contributed by atoms with Crippen LogP contribution in [0.15, 0.2) is 81.5 Å². The topological polar surface area (TPSA) is 426 Å². The van der Waals surface area contributed by atoms with E-state index in [0.717, 1.165) is 56.7 Å². The molecule has 12 bridgehead atoms. The summed E-state index contributed by atoms with van der Waals surface area (Å²) >= 11 is 4.68. The highest BCUT2D eigenvalue weighted by atomic mass is 32.1. The van der Waals surface area contributed by atoms with E-state index < -0.39 is 139 Å². The van der Waals surface area contributed by atoms with E-state index in [9.17, 15) is 40.0 Å². The van der Waals surface area contributed by atoms with E-state index in [1.54, 1.807) is 79.8 Å². The molecule has 10 atom stereocenters. The van der Waals surface area contributed by atoms with E-state index in [2.05, 4.69) is 41.2 Å². The van der Waals surface area contributed by atoms with Crippen LogP contribution < -0.4 is 21.3 Å². The Balaban J connectivity index is 0.907. The molecule has 105 heavy (non-hydrogen) atoms. The zero-order valence-corrected chi connectivity index (χ0v) is 61.0. The molecule has 8 aromatic heterocycles. The van der Waals surface area contributed by atoms with Gasteiger partial charge in [-0.05, 0) is 90.0 Å². The van der Waals surface area contributed by atoms with Crippen molar-refractivity contribution in [1.82, 2.24) is 70.7 Å². The Kier molecular flexibility index (Phi) is 20.0. The van der Waals surface area contributed by atoms with E-state index in [1.807, 2.05) is 0 Å². The van der Waals surface area contributed by atoms with Gasteiger partial charge in [-0.25, -0.2) is 39.5 Å². The van der Waals surface area contributed by atoms with Crippen molar-refractivity contribution in [2.45, 2.75) is 126 Å². The van der Waals surface area contributed by atoms with E-state index in [1.165, 1.54) is 54.6 Å². The Labute approximate surface area is 616 Å². The van der Waals surface area contributed by atoms with Crippen LogP contribution in [0, 0.1) is 0 Å². The van der Waals surface area contributed by atoms with Crippen LogP contribution >= 0.6 is 56.7 Å². The summed E-state index contributed by atoms with van der Waals surface area (Å²) in [5.74, 6) is -6.69. The molecule has 9 N–H and O–H groups in total. The number of aromatic hydroxyl groups is 1. The number of hydrogen-bond donors (Lipinski definition) is 9. The van der Waals surface area contributed by atoms with Crippen LogP contribution in [0.1, 0.15) is 143 Å². The molecular weight excluding hydrogens is 1460 g/mol. The molecule has 5 aliphatic heterocycles. The van der Waals surface area contributed by atoms with Crippen molar-refractivity contribution >= 4 is 115 Å². The third-order valence-corrected chi connectivity index (χ3v) is 23.3. The standard InChI is InChI=1S/C68H68N14O18S5/c1-29(83)46-58(88)78-47(30(2)95-7)61-73-40(27-103-61)57(87)79-50-52-53(100-44-20-67(4,92)54(80(5)6)31(3)99-44)66(91)97-21-32-9-8-10-42-45(32)35(22-96-52)51(82(42)94)65(90)98-23-36(70-55(85)38-26-104-63(50)74-38)60-71-37(24-102-60)48-34(59-72-39(25-101-59)56(86)77-46)19-43(84)49(76-48)62-75-41(28-105-62)64(89)81-17-13-68(93,14-18-81)33-11-15-69-16-12-33/h8-12,15-16,19,24-29,31,36,44,46,50,52-54,83-84,92-94H,13-14,17-18,20-23H2,1-7H3,(H,70,85)(H,77,86)(H,78,88)(H,79,87)/b47-30+. The Bertz CT molecular complexity index is 4940. The van der Waals surface area contributed by atoms with E-state index in [-0.39, 0.29) is 131 Å². The number of ether oxygens (including phenoxy) is 6. The Hall–Kier alpha value is -9.64. The molecular formula is C68H68N14O18S5. The van der Waals surface area contributed by atoms with Gasteiger partial charge in [-0.2, -0.15) is 4.73 Å². The van der Waals surface area contributed by atoms with Crippen molar-refractivity contribution in [1.29, 1.82) is 0 Å². The van der Waals surface area contributed by atoms with Gasteiger partial charge in [-0.3, -0.25) is 29.0 Å². The summed E-state index contributed by atoms with van der Waals surface area (Å²) in [4.78, 5) is 140. The van der Waals surface area contributed by atoms with Crippen LogP contribution in [0.3, 0.4) is 0 Å². The van der Waals surface area contributed by atoms with Gasteiger partial charge in [0.15, 0.2) is 18.1 Å². The molecule has 37 heteroatoms. The van der Waals surface area contributed by atoms with Gasteiger partial charge in [-0.15, -0.1) is 56.7 Å². The van der Waals surface area contributed by atoms with Crippen LogP contribution in [0.4, 0.5) is 0 Å². The van der Waals surface area contributed by atoms with Crippen LogP contribution in [-0.4, -0.2) is 206 Å². The first kappa shape index (κ1) is 72.3. The first-order chi connectivity index (χ1) is 50.3. The third kappa shape index (κ3) is 14.0. The highest BCUT2D eigenvalue weighted by molar-refractivity contribution is 7.14. The van der Waals surface area contributed by atoms with Crippen molar-refractivity contribution in [3.63, 3.8) is 0 Å². The number of benzene rings is 1. The summed E-state index contributed by atoms with van der Waals surface area (Å²) in [5.41, 5.74) is -2.80. The number of allylic oxidation sites excluding steroid dienone is 1. The van der Waals surface area contributed by atoms with Gasteiger partial charge in [-0.1, -0.05) is 12.1 Å². The first-order valence-electron chi connectivity index (χ1n) is 32.9. The zero-order valence-electron chi connectivity index (χ0n) is 56.9. The predicted octanol–water partition coefficient (Wildman–Crippen LogP) is 5.68. The maximum atomic E-state index is 15.2. The number of esters is 2. The van der Waals surface area contributed by atoms with Crippen LogP contribution in [0.5, 0.6) is 5.75 Å². The van der Waals surface area contributed by atoms with Crippen LogP contribution in [0.25, 0.3) is 49.3 Å². The van der Waals surface area contributed by atoms with Crippen molar-refractivity contribution in [3.8, 4) is 38.4 Å². The average molecular weight is 1530 g/mol. The number of fused-ring (bicyclic) bond motifs is 15. The van der Waals surface area contributed by atoms with E-state index in [0.29, 0.717) is 15.9 Å². The summed E-state index contributed by atoms with van der Waals surface area (Å²) < 4.78 is 38.4. The molecule has 1 aromatic carbocycles. The Morgan fingerprint density at radius 1 is 0.790 bits per heavy atom. The molecule has 10 unspecified atom stereocenters. The number of aromatic nitrogens is 8. The number of aliphatic hydroxyl groups excluding tert-OH is 1. The predicted molar refractivity (Wildman–Crippen MR) is 378 cm³/mol. The third-order valence-electron chi connectivity index (χ3n) is 18.8. The molecule has 0 radical (unpaired) electrons. The lowest BCUT2D eigenvalue weighted by molar-refractivity contribution is -0.280. The second-order valence-electron chi connectivity index (χ2n) is 26.1. The molecule has 32 nitrogen and oxygen atoms in total. The monoisotopic (exact) mass is 1530 g/mol. The summed E-state index contributed by atoms with van der Waals surface area (Å²) in [6, 6.07) is 4.24. The number of nitrogens with one attached hydrogen (secondary N) is 4. The molecule has 13 heterocycles. The number of rotatable bonds is 8. The number of nitrogens with zero attached hydrogens (tertiary/aromatic N) is 10. The van der Waals surface area contributed by atoms with Crippen LogP contribution in [-0.2, 0) is 56.8 Å². The molecule has 9 aromatic rings. The average Bonchev–Trinajstić information content (AvgIpc) is 1.63. The number of likely N-dealkylation sites (N-methyl/N-ethyl adjacent to an activating group) is 1. The van der Waals surface area contributed by atoms with Crippen molar-refractivity contribution in [2.75, 3.05) is 40.9 Å². The number of cyclic esters (lactones) is 2. The summed E-state index contributed by atoms with van der Waals surface area (Å²) in [6.45, 7) is 4.71. The molecule has 0 spiro atoms. The first-order valence-corrected chi connectivity index (χ1v) is 37.3. The fraction of sp³-hybridized carbons (Fsp3) is 0.382. The number of thiazole rings is 5. The molecule has 5 aliphatic rings. The number of aliphatic hydroxyl groups is 3. The fourth-order valence-corrected chi connectivity index (χ4v) is 17.8. The Morgan fingerprint density at radius 2 is 1.46 bits per heavy atom. The quantitative estimate of drug-likeness (QED) is 0.0501. The molecule has 5 amide bonds. The van der Waals surface area contributed by atoms with Crippen molar-refractivity contribution in [3.05, 3.63) is 142 Å². The number of hydrogen-bond acceptors (Lipinski definition) is 31. The van der Waals surface area contributed by atoms with Gasteiger partial charge in [0, 0.05) is 75.3 Å². The largest absolute Gasteiger partial charge is 0.506 e. The molecule has 14 rings (SSSR count). The maximum Gasteiger partial charge on any atom is 0.358 e. The number of amides is 5. The lowest BCUT2D eigenvalue weighted by Gasteiger charge is -2.48. The lowest BCUT2D eigenvalue weighted by Crippen LogP contribution is -2.62. The van der Waals surface area contributed by atoms with Crippen molar-refractivity contribution < 1.29 is 87.6 Å². The normalized spacial score (nSPS) is 24.7. The van der Waals surface area contributed by atoms with Gasteiger partial charge in [0.2, 0.25) is 5.91 Å². The number of methoxy groups -OCH3 is 1. The molecule has 2 fully saturated rings. The number of piperidine rings is 1. The minimum absolute atomic E-state index is 0.00937. The smallest absolute Gasteiger partial charge is 0.358 e. The van der Waals surface area contributed by atoms with Gasteiger partial charge in [0.05, 0.1) is 48.7 Å². The van der Waals surface area contributed by atoms with Gasteiger partial charge >= 0.3 is 11.9 Å². The molecule has 548 valence electrons. The maximum absolute atomic E-state index is 15.2. The SMILES string of the molecule is CO/C(C)=C1/NC(=O)C(C(C)O)NC(=O)c2csc(n2)-c2cc(O)c(-c3nc(C(=O)N4CCC(O)(c5ccncc5)CC4)cs3)nc2-c2csc(n2)C2COC(=O)c3c4c5c(cccc5n3O)COC(=O)C(OC3CC(C)(O)C(N(C)C)C(C)O3)C(OC4)C(NC(=O)c3csc1n3)c1nc(cs1)C(=O)N2. The fourth-order valence-electron chi connectivity index (χ4n) is 13.7. The minimum atomic E-state index is -1.91. The second kappa shape index (κ2) is 29.0. The highest BCUT2D eigenvalue weighted by Crippen LogP contribution is 2.44. The molecule has 0 saturated carbocycles. The van der Waals surface area contributed by atoms with Gasteiger partial charge in [0.25, 0.3) is 23.6 Å². The second-order valence-corrected chi connectivity index (χ2v) is 30.4. The summed E-state index contributed by atoms with van der Waals surface area (Å²) in [6.07, 6.45) is -3.86. The number of pyridine rings is 2. The Morgan fingerprint density at radius 3 is 2.18 bits per heavy atom. The van der Waals surface area contributed by atoms with Gasteiger partial charge < -0.3 is 85.1 Å². The van der Waals surface area contributed by atoms with Gasteiger partial charge in [0.1, 0.15) is 120 Å². The van der Waals surface area contributed by atoms with Crippen molar-refractivity contribution in [2.24, 2.45) is 0 Å². The van der Waals surface area contributed by atoms with Crippen LogP contribution in [0.2, 0.25) is 0 Å². The number of likely N-dealkylation sites (tertiary alicyclic amines) is 1. The minimum Gasteiger partial charge on any atom is -0.506 e.